The van der Waals surface area contributed by atoms with E-state index in [1.807, 2.05) is 45.1 Å². The second kappa shape index (κ2) is 10.0. The molecule has 1 aliphatic rings. The van der Waals surface area contributed by atoms with Gasteiger partial charge in [-0.05, 0) is 37.6 Å². The maximum atomic E-state index is 5.80. The predicted molar refractivity (Wildman–Crippen MR) is 84.3 cm³/mol. The van der Waals surface area contributed by atoms with Crippen molar-refractivity contribution in [3.05, 3.63) is 72.5 Å². The average molecular weight is 259 g/mol. The molecule has 0 aromatic carbocycles. The van der Waals surface area contributed by atoms with Gasteiger partial charge in [0.2, 0.25) is 0 Å². The molecule has 1 aliphatic heterocycles. The van der Waals surface area contributed by atoms with Crippen LogP contribution in [0.3, 0.4) is 0 Å². The SMILES string of the molecule is C=C/C=C1/NC(/C=C\C)=C(C=C)O/C1=C/CC.CC. The third-order valence-corrected chi connectivity index (χ3v) is 2.21. The Balaban J connectivity index is 0.00000154. The van der Waals surface area contributed by atoms with E-state index in [2.05, 4.69) is 25.4 Å². The molecule has 0 aliphatic carbocycles. The van der Waals surface area contributed by atoms with Crippen LogP contribution in [0.2, 0.25) is 0 Å². The topological polar surface area (TPSA) is 21.3 Å². The summed E-state index contributed by atoms with van der Waals surface area (Å²) in [6, 6.07) is 0. The zero-order valence-corrected chi connectivity index (χ0v) is 12.5. The van der Waals surface area contributed by atoms with Gasteiger partial charge in [0.15, 0.2) is 0 Å². The summed E-state index contributed by atoms with van der Waals surface area (Å²) in [5, 5.41) is 3.31. The molecular formula is C17H25NO. The molecule has 2 nitrogen and oxygen atoms in total. The Morgan fingerprint density at radius 3 is 2.42 bits per heavy atom. The first-order valence-electron chi connectivity index (χ1n) is 6.74. The first-order chi connectivity index (χ1) is 9.26. The van der Waals surface area contributed by atoms with E-state index in [4.69, 9.17) is 4.74 Å². The zero-order chi connectivity index (χ0) is 14.7. The Morgan fingerprint density at radius 1 is 1.26 bits per heavy atom. The zero-order valence-electron chi connectivity index (χ0n) is 12.5. The maximum Gasteiger partial charge on any atom is 0.150 e. The maximum absolute atomic E-state index is 5.80. The van der Waals surface area contributed by atoms with Gasteiger partial charge < -0.3 is 10.1 Å². The lowest BCUT2D eigenvalue weighted by Crippen LogP contribution is -2.22. The van der Waals surface area contributed by atoms with Crippen molar-refractivity contribution in [2.45, 2.75) is 34.1 Å². The highest BCUT2D eigenvalue weighted by molar-refractivity contribution is 5.42. The first kappa shape index (κ1) is 17.0. The van der Waals surface area contributed by atoms with Crippen LogP contribution in [0.1, 0.15) is 34.1 Å². The molecule has 0 bridgehead atoms. The molecule has 1 N–H and O–H groups in total. The first-order valence-corrected chi connectivity index (χ1v) is 6.74. The summed E-state index contributed by atoms with van der Waals surface area (Å²) in [7, 11) is 0. The van der Waals surface area contributed by atoms with E-state index in [0.717, 1.165) is 29.3 Å². The van der Waals surface area contributed by atoms with Crippen LogP contribution in [-0.4, -0.2) is 0 Å². The minimum atomic E-state index is 0.740. The summed E-state index contributed by atoms with van der Waals surface area (Å²) in [4.78, 5) is 0. The highest BCUT2D eigenvalue weighted by Crippen LogP contribution is 2.24. The number of ether oxygens (including phenoxy) is 1. The fraction of sp³-hybridized carbons (Fsp3) is 0.294. The molecule has 1 rings (SSSR count). The van der Waals surface area contributed by atoms with Gasteiger partial charge in [-0.15, -0.1) is 0 Å². The van der Waals surface area contributed by atoms with E-state index in [0.29, 0.717) is 0 Å². The van der Waals surface area contributed by atoms with Gasteiger partial charge in [0.25, 0.3) is 0 Å². The quantitative estimate of drug-likeness (QED) is 0.769. The molecule has 0 radical (unpaired) electrons. The van der Waals surface area contributed by atoms with Gasteiger partial charge in [-0.25, -0.2) is 0 Å². The lowest BCUT2D eigenvalue weighted by Gasteiger charge is -2.24. The monoisotopic (exact) mass is 259 g/mol. The van der Waals surface area contributed by atoms with Gasteiger partial charge in [-0.3, -0.25) is 0 Å². The van der Waals surface area contributed by atoms with Gasteiger partial charge in [0.1, 0.15) is 11.5 Å². The average Bonchev–Trinajstić information content (AvgIpc) is 2.44. The molecule has 1 heterocycles. The predicted octanol–water partition coefficient (Wildman–Crippen LogP) is 4.97. The van der Waals surface area contributed by atoms with Crippen molar-refractivity contribution >= 4 is 0 Å². The smallest absolute Gasteiger partial charge is 0.150 e. The van der Waals surface area contributed by atoms with E-state index in [9.17, 15) is 0 Å². The Labute approximate surface area is 117 Å². The Hall–Kier alpha value is -1.96. The van der Waals surface area contributed by atoms with Gasteiger partial charge in [0.05, 0.1) is 11.4 Å². The van der Waals surface area contributed by atoms with Crippen LogP contribution in [0.15, 0.2) is 72.5 Å². The molecule has 0 unspecified atom stereocenters. The third kappa shape index (κ3) is 5.04. The molecule has 0 aromatic rings. The molecule has 0 spiro atoms. The normalized spacial score (nSPS) is 18.7. The Kier molecular flexibility index (Phi) is 8.98. The molecule has 0 amide bonds. The number of hydrogen-bond acceptors (Lipinski definition) is 2. The lowest BCUT2D eigenvalue weighted by molar-refractivity contribution is 0.304. The molecular weight excluding hydrogens is 234 g/mol. The second-order valence-electron chi connectivity index (χ2n) is 3.50. The van der Waals surface area contributed by atoms with Gasteiger partial charge in [-0.2, -0.15) is 0 Å². The van der Waals surface area contributed by atoms with Crippen LogP contribution < -0.4 is 5.32 Å². The fourth-order valence-corrected chi connectivity index (χ4v) is 1.52. The molecule has 2 heteroatoms. The van der Waals surface area contributed by atoms with E-state index < -0.39 is 0 Å². The summed E-state index contributed by atoms with van der Waals surface area (Å²) in [5.74, 6) is 1.56. The van der Waals surface area contributed by atoms with Gasteiger partial charge in [0, 0.05) is 0 Å². The number of rotatable bonds is 4. The summed E-state index contributed by atoms with van der Waals surface area (Å²) in [5.41, 5.74) is 1.82. The van der Waals surface area contributed by atoms with E-state index in [1.54, 1.807) is 12.2 Å². The Morgan fingerprint density at radius 2 is 1.95 bits per heavy atom. The summed E-state index contributed by atoms with van der Waals surface area (Å²) < 4.78 is 5.80. The van der Waals surface area contributed by atoms with Gasteiger partial charge in [-0.1, -0.05) is 46.1 Å². The fourth-order valence-electron chi connectivity index (χ4n) is 1.52. The standard InChI is InChI=1S/C15H19NO.C2H6/c1-5-9-12-14(8-4)17-15(11-7-3)13(16-12)10-6-2;1-2/h5-6,8-11,16H,2,4,7H2,1,3H3;1-2H3/b9-5-,13-10+,15-11+;. The molecule has 19 heavy (non-hydrogen) atoms. The molecule has 0 fully saturated rings. The summed E-state index contributed by atoms with van der Waals surface area (Å²) in [6.07, 6.45) is 12.2. The van der Waals surface area contributed by atoms with Crippen molar-refractivity contribution in [3.8, 4) is 0 Å². The molecule has 104 valence electrons. The minimum Gasteiger partial charge on any atom is -0.453 e. The lowest BCUT2D eigenvalue weighted by atomic mass is 10.2. The number of nitrogens with one attached hydrogen (secondary N) is 1. The third-order valence-electron chi connectivity index (χ3n) is 2.21. The van der Waals surface area contributed by atoms with Crippen LogP contribution >= 0.6 is 0 Å². The van der Waals surface area contributed by atoms with E-state index >= 15 is 0 Å². The van der Waals surface area contributed by atoms with Crippen molar-refractivity contribution in [2.75, 3.05) is 0 Å². The molecule has 0 atom stereocenters. The second-order valence-corrected chi connectivity index (χ2v) is 3.50. The van der Waals surface area contributed by atoms with E-state index in [1.165, 1.54) is 0 Å². The van der Waals surface area contributed by atoms with Crippen molar-refractivity contribution in [1.82, 2.24) is 5.32 Å². The summed E-state index contributed by atoms with van der Waals surface area (Å²) >= 11 is 0. The number of allylic oxidation sites excluding steroid dienone is 6. The van der Waals surface area contributed by atoms with Gasteiger partial charge >= 0.3 is 0 Å². The van der Waals surface area contributed by atoms with Crippen molar-refractivity contribution in [1.29, 1.82) is 0 Å². The van der Waals surface area contributed by atoms with Crippen LogP contribution in [0.4, 0.5) is 0 Å². The highest BCUT2D eigenvalue weighted by Gasteiger charge is 2.17. The Bertz CT molecular complexity index is 423. The van der Waals surface area contributed by atoms with Crippen molar-refractivity contribution in [3.63, 3.8) is 0 Å². The largest absolute Gasteiger partial charge is 0.453 e. The highest BCUT2D eigenvalue weighted by atomic mass is 16.5. The van der Waals surface area contributed by atoms with E-state index in [-0.39, 0.29) is 0 Å². The summed E-state index contributed by atoms with van der Waals surface area (Å²) in [6.45, 7) is 15.5. The minimum absolute atomic E-state index is 0.740. The van der Waals surface area contributed by atoms with Crippen LogP contribution in [0.25, 0.3) is 0 Å². The number of hydrogen-bond donors (Lipinski definition) is 1. The molecule has 0 aromatic heterocycles. The molecule has 0 saturated carbocycles. The van der Waals surface area contributed by atoms with Crippen LogP contribution in [0.5, 0.6) is 0 Å². The molecule has 0 saturated heterocycles. The van der Waals surface area contributed by atoms with Crippen molar-refractivity contribution < 1.29 is 4.74 Å². The van der Waals surface area contributed by atoms with Crippen LogP contribution in [-0.2, 0) is 4.74 Å². The van der Waals surface area contributed by atoms with Crippen LogP contribution in [0, 0.1) is 0 Å². The van der Waals surface area contributed by atoms with Crippen molar-refractivity contribution in [2.24, 2.45) is 0 Å².